The zero-order chi connectivity index (χ0) is 29.6. The number of carbonyl (C=O) groups excluding carboxylic acids is 3. The highest BCUT2D eigenvalue weighted by Gasteiger charge is 2.37. The van der Waals surface area contributed by atoms with E-state index in [0.717, 1.165) is 30.3 Å². The van der Waals surface area contributed by atoms with Crippen molar-refractivity contribution in [3.63, 3.8) is 0 Å². The lowest BCUT2D eigenvalue weighted by Crippen LogP contribution is -2.38. The summed E-state index contributed by atoms with van der Waals surface area (Å²) in [6, 6.07) is 9.80. The van der Waals surface area contributed by atoms with Crippen molar-refractivity contribution < 1.29 is 41.8 Å². The summed E-state index contributed by atoms with van der Waals surface area (Å²) in [4.78, 5) is 51.1. The van der Waals surface area contributed by atoms with Crippen molar-refractivity contribution in [2.75, 3.05) is 13.1 Å². The highest BCUT2D eigenvalue weighted by Crippen LogP contribution is 2.37. The summed E-state index contributed by atoms with van der Waals surface area (Å²) in [6.45, 7) is 0.351. The smallest absolute Gasteiger partial charge is 0.417 e. The molecule has 0 unspecified atom stereocenters. The number of carboxylic acid groups (broad SMARTS) is 1. The van der Waals surface area contributed by atoms with Gasteiger partial charge in [-0.2, -0.15) is 23.0 Å². The minimum Gasteiger partial charge on any atom is -0.478 e. The number of alkyl halides is 3. The molecule has 41 heavy (non-hydrogen) atoms. The standard InChI is InChI=1S/C28H18ClF4N3O5/c29-20-3-1-2-19(28(31,32)33)23(20)26(39)36-22-13-14(25(38)35-10-8-16(37)9-11-35)4-7-18(22)24(34-36)17-6-5-15(27(40)41)12-21(17)30/h1-7,12-13H,8-11H2,(H,40,41). The van der Waals surface area contributed by atoms with Gasteiger partial charge in [-0.3, -0.25) is 14.4 Å². The van der Waals surface area contributed by atoms with Crippen LogP contribution in [0.4, 0.5) is 17.6 Å². The quantitative estimate of drug-likeness (QED) is 0.307. The van der Waals surface area contributed by atoms with Crippen LogP contribution in [0, 0.1) is 5.82 Å². The number of benzene rings is 3. The first-order valence-corrected chi connectivity index (χ1v) is 12.5. The summed E-state index contributed by atoms with van der Waals surface area (Å²) >= 11 is 6.06. The van der Waals surface area contributed by atoms with Crippen molar-refractivity contribution in [1.82, 2.24) is 14.7 Å². The summed E-state index contributed by atoms with van der Waals surface area (Å²) in [6.07, 6.45) is -4.60. The SMILES string of the molecule is O=C1CCN(C(=O)c2ccc3c(-c4ccc(C(=O)O)cc4F)nn(C(=O)c4c(Cl)cccc4C(F)(F)F)c3c2)CC1. The molecule has 1 aliphatic heterocycles. The average molecular weight is 588 g/mol. The summed E-state index contributed by atoms with van der Waals surface area (Å²) in [7, 11) is 0. The molecule has 2 heterocycles. The molecule has 1 N–H and O–H groups in total. The highest BCUT2D eigenvalue weighted by molar-refractivity contribution is 6.34. The zero-order valence-electron chi connectivity index (χ0n) is 20.8. The van der Waals surface area contributed by atoms with E-state index in [2.05, 4.69) is 5.10 Å². The van der Waals surface area contributed by atoms with E-state index in [1.54, 1.807) is 0 Å². The Hall–Kier alpha value is -4.58. The van der Waals surface area contributed by atoms with Gasteiger partial charge in [0.25, 0.3) is 11.8 Å². The summed E-state index contributed by atoms with van der Waals surface area (Å²) in [5, 5.41) is 12.9. The Balaban J connectivity index is 1.71. The van der Waals surface area contributed by atoms with Gasteiger partial charge in [0, 0.05) is 42.4 Å². The van der Waals surface area contributed by atoms with Crippen LogP contribution in [-0.4, -0.2) is 56.4 Å². The minimum atomic E-state index is -4.95. The number of carboxylic acids is 1. The van der Waals surface area contributed by atoms with Crippen LogP contribution in [0.3, 0.4) is 0 Å². The van der Waals surface area contributed by atoms with E-state index in [9.17, 15) is 37.5 Å². The average Bonchev–Trinajstić information content (AvgIpc) is 3.30. The molecule has 0 spiro atoms. The Morgan fingerprint density at radius 2 is 1.61 bits per heavy atom. The first-order valence-electron chi connectivity index (χ1n) is 12.1. The Bertz CT molecular complexity index is 1760. The summed E-state index contributed by atoms with van der Waals surface area (Å²) in [5.41, 5.74) is -3.03. The van der Waals surface area contributed by atoms with Gasteiger partial charge in [0.15, 0.2) is 0 Å². The molecule has 1 aliphatic rings. The second-order valence-corrected chi connectivity index (χ2v) is 9.70. The van der Waals surface area contributed by atoms with E-state index < -0.39 is 45.9 Å². The predicted molar refractivity (Wildman–Crippen MR) is 138 cm³/mol. The maximum absolute atomic E-state index is 15.1. The molecule has 0 bridgehead atoms. The van der Waals surface area contributed by atoms with Crippen LogP contribution >= 0.6 is 11.6 Å². The van der Waals surface area contributed by atoms with Crippen LogP contribution < -0.4 is 0 Å². The number of hydrogen-bond acceptors (Lipinski definition) is 5. The topological polar surface area (TPSA) is 110 Å². The fourth-order valence-corrected chi connectivity index (χ4v) is 4.92. The lowest BCUT2D eigenvalue weighted by atomic mass is 10.0. The monoisotopic (exact) mass is 587 g/mol. The van der Waals surface area contributed by atoms with Gasteiger partial charge in [-0.15, -0.1) is 0 Å². The molecule has 13 heteroatoms. The molecular weight excluding hydrogens is 570 g/mol. The normalized spacial score (nSPS) is 14.0. The molecule has 0 aliphatic carbocycles. The molecule has 1 saturated heterocycles. The maximum Gasteiger partial charge on any atom is 0.417 e. The molecule has 1 amide bonds. The molecule has 4 aromatic rings. The number of amides is 1. The lowest BCUT2D eigenvalue weighted by molar-refractivity contribution is -0.138. The molecule has 0 saturated carbocycles. The van der Waals surface area contributed by atoms with Crippen LogP contribution in [0.2, 0.25) is 5.02 Å². The van der Waals surface area contributed by atoms with Crippen molar-refractivity contribution >= 4 is 46.1 Å². The van der Waals surface area contributed by atoms with Crippen molar-refractivity contribution in [2.45, 2.75) is 19.0 Å². The Morgan fingerprint density at radius 3 is 2.24 bits per heavy atom. The molecule has 5 rings (SSSR count). The van der Waals surface area contributed by atoms with E-state index in [1.807, 2.05) is 0 Å². The van der Waals surface area contributed by atoms with E-state index in [1.165, 1.54) is 23.1 Å². The third-order valence-corrected chi connectivity index (χ3v) is 7.05. The maximum atomic E-state index is 15.1. The van der Waals surface area contributed by atoms with E-state index in [4.69, 9.17) is 11.6 Å². The van der Waals surface area contributed by atoms with E-state index >= 15 is 4.39 Å². The number of fused-ring (bicyclic) bond motifs is 1. The highest BCUT2D eigenvalue weighted by atomic mass is 35.5. The first-order chi connectivity index (χ1) is 19.4. The molecule has 3 aromatic carbocycles. The number of carbonyl (C=O) groups is 4. The van der Waals surface area contributed by atoms with Gasteiger partial charge in [0.05, 0.1) is 27.2 Å². The number of nitrogens with zero attached hydrogens (tertiary/aromatic N) is 3. The summed E-state index contributed by atoms with van der Waals surface area (Å²) < 4.78 is 57.2. The molecule has 1 fully saturated rings. The number of hydrogen-bond donors (Lipinski definition) is 1. The van der Waals surface area contributed by atoms with Crippen LogP contribution in [0.1, 0.15) is 49.5 Å². The van der Waals surface area contributed by atoms with Gasteiger partial charge in [-0.25, -0.2) is 9.18 Å². The van der Waals surface area contributed by atoms with Crippen molar-refractivity contribution in [2.24, 2.45) is 0 Å². The molecule has 8 nitrogen and oxygen atoms in total. The van der Waals surface area contributed by atoms with Gasteiger partial charge in [0.2, 0.25) is 0 Å². The number of rotatable bonds is 4. The number of ketones is 1. The van der Waals surface area contributed by atoms with Crippen LogP contribution in [-0.2, 0) is 11.0 Å². The molecule has 0 radical (unpaired) electrons. The van der Waals surface area contributed by atoms with Crippen LogP contribution in [0.5, 0.6) is 0 Å². The van der Waals surface area contributed by atoms with Gasteiger partial charge in [-0.05, 0) is 48.5 Å². The fraction of sp³-hybridized carbons (Fsp3) is 0.179. The van der Waals surface area contributed by atoms with Gasteiger partial charge < -0.3 is 10.0 Å². The largest absolute Gasteiger partial charge is 0.478 e. The number of piperidine rings is 1. The van der Waals surface area contributed by atoms with Gasteiger partial charge in [-0.1, -0.05) is 17.7 Å². The molecular formula is C28H18ClF4N3O5. The molecule has 0 atom stereocenters. The Labute approximate surface area is 233 Å². The predicted octanol–water partition coefficient (Wildman–Crippen LogP) is 5.71. The molecule has 1 aromatic heterocycles. The number of likely N-dealkylation sites (tertiary alicyclic amines) is 1. The summed E-state index contributed by atoms with van der Waals surface area (Å²) in [5.74, 6) is -4.14. The first kappa shape index (κ1) is 28.0. The third kappa shape index (κ3) is 5.18. The third-order valence-electron chi connectivity index (χ3n) is 6.73. The van der Waals surface area contributed by atoms with E-state index in [0.29, 0.717) is 10.7 Å². The lowest BCUT2D eigenvalue weighted by Gasteiger charge is -2.26. The number of halogens is 5. The minimum absolute atomic E-state index is 0.00830. The van der Waals surface area contributed by atoms with Gasteiger partial charge in [0.1, 0.15) is 17.3 Å². The second kappa shape index (κ2) is 10.4. The fourth-order valence-electron chi connectivity index (χ4n) is 4.67. The molecule has 210 valence electrons. The van der Waals surface area contributed by atoms with Crippen molar-refractivity contribution in [3.8, 4) is 11.3 Å². The second-order valence-electron chi connectivity index (χ2n) is 9.29. The zero-order valence-corrected chi connectivity index (χ0v) is 21.6. The van der Waals surface area contributed by atoms with E-state index in [-0.39, 0.29) is 65.0 Å². The van der Waals surface area contributed by atoms with Crippen LogP contribution in [0.25, 0.3) is 22.2 Å². The number of aromatic carboxylic acids is 1. The number of aromatic nitrogens is 2. The van der Waals surface area contributed by atoms with Crippen molar-refractivity contribution in [1.29, 1.82) is 0 Å². The van der Waals surface area contributed by atoms with Gasteiger partial charge >= 0.3 is 12.1 Å². The number of Topliss-reactive ketones (excluding diaryl/α,β-unsaturated/α-hetero) is 1. The van der Waals surface area contributed by atoms with Crippen molar-refractivity contribution in [3.05, 3.63) is 87.7 Å². The Kier molecular flexibility index (Phi) is 7.12. The van der Waals surface area contributed by atoms with Crippen LogP contribution in [0.15, 0.2) is 54.6 Å². The Morgan fingerprint density at radius 1 is 0.927 bits per heavy atom.